The minimum Gasteiger partial charge on any atom is -0.461 e. The summed E-state index contributed by atoms with van der Waals surface area (Å²) >= 11 is 0. The summed E-state index contributed by atoms with van der Waals surface area (Å²) in [4.78, 5) is 12.8. The lowest BCUT2D eigenvalue weighted by molar-refractivity contribution is -0.182. The summed E-state index contributed by atoms with van der Waals surface area (Å²) in [5.41, 5.74) is -0.707. The lowest BCUT2D eigenvalue weighted by Gasteiger charge is -2.45. The molecule has 0 aliphatic carbocycles. The largest absolute Gasteiger partial charge is 0.461 e. The zero-order valence-corrected chi connectivity index (χ0v) is 15.6. The number of hydrogen-bond acceptors (Lipinski definition) is 2. The molecule has 0 fully saturated rings. The molecule has 0 rings (SSSR count). The predicted octanol–water partition coefficient (Wildman–Crippen LogP) is 5.45. The van der Waals surface area contributed by atoms with E-state index >= 15 is 0 Å². The molecule has 0 aromatic heterocycles. The van der Waals surface area contributed by atoms with Crippen LogP contribution in [0.3, 0.4) is 0 Å². The van der Waals surface area contributed by atoms with E-state index in [-0.39, 0.29) is 28.3 Å². The molecule has 0 amide bonds. The molecule has 120 valence electrons. The van der Waals surface area contributed by atoms with Crippen molar-refractivity contribution in [2.24, 2.45) is 21.7 Å². The summed E-state index contributed by atoms with van der Waals surface area (Å²) in [6, 6.07) is 0. The number of carbonyl (C=O) groups is 1. The predicted molar refractivity (Wildman–Crippen MR) is 86.6 cm³/mol. The van der Waals surface area contributed by atoms with Crippen LogP contribution in [0.5, 0.6) is 0 Å². The quantitative estimate of drug-likeness (QED) is 0.644. The Bertz CT molecular complexity index is 322. The van der Waals surface area contributed by atoms with Crippen molar-refractivity contribution in [3.05, 3.63) is 0 Å². The maximum Gasteiger partial charge on any atom is 0.312 e. The highest BCUT2D eigenvalue weighted by molar-refractivity contribution is 5.77. The van der Waals surface area contributed by atoms with Gasteiger partial charge in [-0.05, 0) is 29.6 Å². The maximum atomic E-state index is 12.8. The second kappa shape index (κ2) is 5.69. The number of rotatable bonds is 3. The summed E-state index contributed by atoms with van der Waals surface area (Å²) in [7, 11) is 0. The molecule has 0 aliphatic heterocycles. The molecule has 0 spiro atoms. The van der Waals surface area contributed by atoms with Gasteiger partial charge in [-0.3, -0.25) is 4.79 Å². The van der Waals surface area contributed by atoms with E-state index in [4.69, 9.17) is 4.74 Å². The molecule has 0 heterocycles. The fourth-order valence-corrected chi connectivity index (χ4v) is 2.87. The SMILES string of the molecule is CCC(C)(C(=O)OC(C(C)(C)C)C(C)(C)C)C(C)(C)C. The Morgan fingerprint density at radius 2 is 1.20 bits per heavy atom. The van der Waals surface area contributed by atoms with Crippen LogP contribution in [0.2, 0.25) is 0 Å². The van der Waals surface area contributed by atoms with E-state index in [1.807, 2.05) is 6.92 Å². The van der Waals surface area contributed by atoms with Gasteiger partial charge in [0, 0.05) is 0 Å². The lowest BCUT2D eigenvalue weighted by atomic mass is 9.66. The van der Waals surface area contributed by atoms with Gasteiger partial charge in [0.2, 0.25) is 0 Å². The fourth-order valence-electron chi connectivity index (χ4n) is 2.87. The van der Waals surface area contributed by atoms with E-state index in [0.29, 0.717) is 0 Å². The highest BCUT2D eigenvalue weighted by Gasteiger charge is 2.47. The molecule has 0 bridgehead atoms. The lowest BCUT2D eigenvalue weighted by Crippen LogP contribution is -2.48. The molecular formula is C18H36O2. The first-order valence-electron chi connectivity index (χ1n) is 7.78. The third kappa shape index (κ3) is 4.23. The number of ether oxygens (including phenoxy) is 1. The third-order valence-electron chi connectivity index (χ3n) is 4.61. The molecule has 0 saturated carbocycles. The summed E-state index contributed by atoms with van der Waals surface area (Å²) in [6.45, 7) is 23.2. The van der Waals surface area contributed by atoms with Crippen molar-refractivity contribution in [3.63, 3.8) is 0 Å². The Labute approximate surface area is 126 Å². The molecular weight excluding hydrogens is 248 g/mol. The fraction of sp³-hybridized carbons (Fsp3) is 0.944. The van der Waals surface area contributed by atoms with Gasteiger partial charge in [-0.1, -0.05) is 69.2 Å². The van der Waals surface area contributed by atoms with Gasteiger partial charge in [0.05, 0.1) is 5.41 Å². The molecule has 0 aromatic rings. The van der Waals surface area contributed by atoms with Gasteiger partial charge >= 0.3 is 5.97 Å². The number of carbonyl (C=O) groups excluding carboxylic acids is 1. The first kappa shape index (κ1) is 19.5. The van der Waals surface area contributed by atoms with Crippen LogP contribution in [0.4, 0.5) is 0 Å². The molecule has 0 saturated heterocycles. The zero-order chi connectivity index (χ0) is 16.6. The van der Waals surface area contributed by atoms with E-state index in [2.05, 4.69) is 69.2 Å². The Kier molecular flexibility index (Phi) is 5.54. The standard InChI is InChI=1S/C18H36O2/c1-12-18(11,17(8,9)10)14(19)20-13(15(2,3)4)16(5,6)7/h13H,12H2,1-11H3. The minimum absolute atomic E-state index is 0.0673. The highest BCUT2D eigenvalue weighted by Crippen LogP contribution is 2.45. The van der Waals surface area contributed by atoms with Crippen molar-refractivity contribution in [1.29, 1.82) is 0 Å². The van der Waals surface area contributed by atoms with E-state index in [1.165, 1.54) is 0 Å². The van der Waals surface area contributed by atoms with Crippen LogP contribution >= 0.6 is 0 Å². The van der Waals surface area contributed by atoms with E-state index in [0.717, 1.165) is 6.42 Å². The van der Waals surface area contributed by atoms with Crippen molar-refractivity contribution < 1.29 is 9.53 Å². The molecule has 1 atom stereocenters. The summed E-state index contributed by atoms with van der Waals surface area (Å²) in [5.74, 6) is -0.0673. The van der Waals surface area contributed by atoms with Crippen molar-refractivity contribution in [2.75, 3.05) is 0 Å². The molecule has 2 nitrogen and oxygen atoms in total. The summed E-state index contributed by atoms with van der Waals surface area (Å²) in [5, 5.41) is 0. The van der Waals surface area contributed by atoms with E-state index in [1.54, 1.807) is 0 Å². The summed E-state index contributed by atoms with van der Waals surface area (Å²) in [6.07, 6.45) is 0.687. The van der Waals surface area contributed by atoms with Crippen molar-refractivity contribution >= 4 is 5.97 Å². The van der Waals surface area contributed by atoms with Crippen molar-refractivity contribution in [3.8, 4) is 0 Å². The normalized spacial score (nSPS) is 17.0. The average Bonchev–Trinajstić information content (AvgIpc) is 2.19. The second-order valence-corrected chi connectivity index (χ2v) is 9.45. The van der Waals surface area contributed by atoms with Gasteiger partial charge in [0.25, 0.3) is 0 Å². The van der Waals surface area contributed by atoms with Gasteiger partial charge in [-0.25, -0.2) is 0 Å². The topological polar surface area (TPSA) is 26.3 Å². The van der Waals surface area contributed by atoms with Crippen LogP contribution in [-0.4, -0.2) is 12.1 Å². The van der Waals surface area contributed by atoms with Crippen LogP contribution in [0.25, 0.3) is 0 Å². The second-order valence-electron chi connectivity index (χ2n) is 9.45. The molecule has 0 aliphatic rings. The Morgan fingerprint density at radius 1 is 0.850 bits per heavy atom. The van der Waals surface area contributed by atoms with Crippen LogP contribution in [-0.2, 0) is 9.53 Å². The smallest absolute Gasteiger partial charge is 0.312 e. The highest BCUT2D eigenvalue weighted by atomic mass is 16.5. The van der Waals surface area contributed by atoms with E-state index in [9.17, 15) is 4.79 Å². The van der Waals surface area contributed by atoms with Gasteiger partial charge < -0.3 is 4.74 Å². The summed E-state index contributed by atoms with van der Waals surface area (Å²) < 4.78 is 6.02. The zero-order valence-electron chi connectivity index (χ0n) is 15.6. The monoisotopic (exact) mass is 284 g/mol. The Hall–Kier alpha value is -0.530. The number of hydrogen-bond donors (Lipinski definition) is 0. The third-order valence-corrected chi connectivity index (χ3v) is 4.61. The molecule has 0 aromatic carbocycles. The molecule has 20 heavy (non-hydrogen) atoms. The molecule has 2 heteroatoms. The van der Waals surface area contributed by atoms with E-state index < -0.39 is 5.41 Å². The van der Waals surface area contributed by atoms with Gasteiger partial charge in [-0.2, -0.15) is 0 Å². The van der Waals surface area contributed by atoms with Gasteiger partial charge in [0.15, 0.2) is 0 Å². The van der Waals surface area contributed by atoms with Crippen molar-refractivity contribution in [1.82, 2.24) is 0 Å². The maximum absolute atomic E-state index is 12.8. The first-order chi connectivity index (χ1) is 8.57. The Balaban J connectivity index is 5.42. The van der Waals surface area contributed by atoms with Crippen LogP contribution in [0, 0.1) is 21.7 Å². The van der Waals surface area contributed by atoms with Crippen LogP contribution in [0.1, 0.15) is 82.6 Å². The molecule has 0 radical (unpaired) electrons. The van der Waals surface area contributed by atoms with Gasteiger partial charge in [0.1, 0.15) is 6.10 Å². The average molecular weight is 284 g/mol. The molecule has 0 N–H and O–H groups in total. The van der Waals surface area contributed by atoms with Gasteiger partial charge in [-0.15, -0.1) is 0 Å². The van der Waals surface area contributed by atoms with Crippen LogP contribution in [0.15, 0.2) is 0 Å². The minimum atomic E-state index is -0.457. The van der Waals surface area contributed by atoms with Crippen LogP contribution < -0.4 is 0 Å². The molecule has 1 unspecified atom stereocenters. The Morgan fingerprint density at radius 3 is 1.40 bits per heavy atom. The first-order valence-corrected chi connectivity index (χ1v) is 7.78. The number of esters is 1. The van der Waals surface area contributed by atoms with Crippen molar-refractivity contribution in [2.45, 2.75) is 88.7 Å².